The smallest absolute Gasteiger partial charge is 0.270 e. The third-order valence-corrected chi connectivity index (χ3v) is 4.84. The molecule has 136 valence electrons. The highest BCUT2D eigenvalue weighted by Crippen LogP contribution is 2.13. The normalized spacial score (nSPS) is 19.8. The molecule has 3 rings (SSSR count). The standard InChI is InChI=1S/C17H26N6O2/c1-3-22-10-7-18-15(22)13-21-8-4-9-23(12-11-21)17(25)14-5-6-16(24)20(2)19-14/h7,10H,3-6,8-9,11-13H2,1-2H3. The zero-order valence-corrected chi connectivity index (χ0v) is 15.0. The monoisotopic (exact) mass is 346 g/mol. The fourth-order valence-electron chi connectivity index (χ4n) is 3.32. The van der Waals surface area contributed by atoms with Gasteiger partial charge >= 0.3 is 0 Å². The van der Waals surface area contributed by atoms with Crippen LogP contribution in [0.3, 0.4) is 0 Å². The van der Waals surface area contributed by atoms with E-state index in [4.69, 9.17) is 0 Å². The first kappa shape index (κ1) is 17.6. The first-order valence-electron chi connectivity index (χ1n) is 8.94. The summed E-state index contributed by atoms with van der Waals surface area (Å²) >= 11 is 0. The zero-order valence-electron chi connectivity index (χ0n) is 15.0. The van der Waals surface area contributed by atoms with Crippen molar-refractivity contribution in [3.05, 3.63) is 18.2 Å². The average Bonchev–Trinajstić information content (AvgIpc) is 2.93. The predicted molar refractivity (Wildman–Crippen MR) is 93.8 cm³/mol. The van der Waals surface area contributed by atoms with Crippen LogP contribution < -0.4 is 0 Å². The van der Waals surface area contributed by atoms with Gasteiger partial charge in [-0.05, 0) is 13.3 Å². The molecule has 0 saturated carbocycles. The zero-order chi connectivity index (χ0) is 17.8. The molecule has 0 atom stereocenters. The Bertz CT molecular complexity index is 668. The van der Waals surface area contributed by atoms with Crippen LogP contribution in [0.5, 0.6) is 0 Å². The van der Waals surface area contributed by atoms with E-state index in [0.29, 0.717) is 25.1 Å². The van der Waals surface area contributed by atoms with E-state index < -0.39 is 0 Å². The molecule has 0 bridgehead atoms. The van der Waals surface area contributed by atoms with E-state index in [1.165, 1.54) is 5.01 Å². The molecule has 1 aromatic heterocycles. The van der Waals surface area contributed by atoms with Crippen LogP contribution in [-0.2, 0) is 22.7 Å². The molecule has 1 fully saturated rings. The molecule has 1 saturated heterocycles. The van der Waals surface area contributed by atoms with Gasteiger partial charge in [0.15, 0.2) is 0 Å². The van der Waals surface area contributed by atoms with E-state index in [9.17, 15) is 9.59 Å². The number of imidazole rings is 1. The van der Waals surface area contributed by atoms with Gasteiger partial charge in [0.25, 0.3) is 5.91 Å². The molecule has 0 aliphatic carbocycles. The highest BCUT2D eigenvalue weighted by molar-refractivity contribution is 6.39. The third-order valence-electron chi connectivity index (χ3n) is 4.84. The van der Waals surface area contributed by atoms with Crippen molar-refractivity contribution in [1.82, 2.24) is 24.4 Å². The Hall–Kier alpha value is -2.22. The van der Waals surface area contributed by atoms with Gasteiger partial charge in [-0.1, -0.05) is 0 Å². The SMILES string of the molecule is CCn1ccnc1CN1CCCN(C(=O)C2=NN(C)C(=O)CC2)CC1. The number of carbonyl (C=O) groups excluding carboxylic acids is 2. The molecule has 0 N–H and O–H groups in total. The summed E-state index contributed by atoms with van der Waals surface area (Å²) in [6.07, 6.45) is 5.57. The van der Waals surface area contributed by atoms with Gasteiger partial charge in [-0.3, -0.25) is 14.5 Å². The second kappa shape index (κ2) is 7.77. The van der Waals surface area contributed by atoms with Crippen LogP contribution >= 0.6 is 0 Å². The van der Waals surface area contributed by atoms with Crippen molar-refractivity contribution >= 4 is 17.5 Å². The predicted octanol–water partition coefficient (Wildman–Crippen LogP) is 0.546. The Morgan fingerprint density at radius 2 is 2.04 bits per heavy atom. The lowest BCUT2D eigenvalue weighted by Gasteiger charge is -2.25. The molecular weight excluding hydrogens is 320 g/mol. The molecule has 8 heteroatoms. The maximum atomic E-state index is 12.7. The van der Waals surface area contributed by atoms with Crippen molar-refractivity contribution in [2.75, 3.05) is 33.2 Å². The number of hydrogen-bond acceptors (Lipinski definition) is 5. The van der Waals surface area contributed by atoms with E-state index >= 15 is 0 Å². The molecule has 2 aliphatic heterocycles. The number of amides is 2. The minimum absolute atomic E-state index is 0.0312. The molecule has 8 nitrogen and oxygen atoms in total. The third kappa shape index (κ3) is 4.07. The van der Waals surface area contributed by atoms with Crippen molar-refractivity contribution in [2.45, 2.75) is 39.3 Å². The Balaban J connectivity index is 1.59. The summed E-state index contributed by atoms with van der Waals surface area (Å²) in [5.41, 5.74) is 0.497. The number of rotatable bonds is 4. The van der Waals surface area contributed by atoms with Crippen molar-refractivity contribution in [3.8, 4) is 0 Å². The van der Waals surface area contributed by atoms with Crippen molar-refractivity contribution in [2.24, 2.45) is 5.10 Å². The molecule has 2 aliphatic rings. The Morgan fingerprint density at radius 3 is 2.80 bits per heavy atom. The quantitative estimate of drug-likeness (QED) is 0.798. The Labute approximate surface area is 148 Å². The van der Waals surface area contributed by atoms with Gasteiger partial charge in [-0.2, -0.15) is 5.10 Å². The minimum atomic E-state index is -0.0370. The first-order valence-corrected chi connectivity index (χ1v) is 8.94. The molecule has 0 spiro atoms. The number of hydrogen-bond donors (Lipinski definition) is 0. The molecule has 25 heavy (non-hydrogen) atoms. The van der Waals surface area contributed by atoms with E-state index in [0.717, 1.165) is 45.0 Å². The Kier molecular flexibility index (Phi) is 5.47. The molecular formula is C17H26N6O2. The first-order chi connectivity index (χ1) is 12.1. The number of carbonyl (C=O) groups is 2. The molecule has 2 amide bonds. The number of aryl methyl sites for hydroxylation is 1. The summed E-state index contributed by atoms with van der Waals surface area (Å²) in [4.78, 5) is 32.9. The van der Waals surface area contributed by atoms with Gasteiger partial charge in [0.2, 0.25) is 5.91 Å². The topological polar surface area (TPSA) is 74.0 Å². The Morgan fingerprint density at radius 1 is 1.20 bits per heavy atom. The van der Waals surface area contributed by atoms with Gasteiger partial charge < -0.3 is 9.47 Å². The fraction of sp³-hybridized carbons (Fsp3) is 0.647. The molecule has 0 radical (unpaired) electrons. The molecule has 3 heterocycles. The van der Waals surface area contributed by atoms with Crippen molar-refractivity contribution in [3.63, 3.8) is 0 Å². The summed E-state index contributed by atoms with van der Waals surface area (Å²) in [6, 6.07) is 0. The second-order valence-corrected chi connectivity index (χ2v) is 6.52. The summed E-state index contributed by atoms with van der Waals surface area (Å²) < 4.78 is 2.15. The van der Waals surface area contributed by atoms with Crippen LogP contribution in [0.25, 0.3) is 0 Å². The number of hydrazone groups is 1. The summed E-state index contributed by atoms with van der Waals surface area (Å²) in [6.45, 7) is 7.02. The molecule has 1 aromatic rings. The maximum absolute atomic E-state index is 12.7. The second-order valence-electron chi connectivity index (χ2n) is 6.52. The van der Waals surface area contributed by atoms with E-state index in [1.807, 2.05) is 17.3 Å². The van der Waals surface area contributed by atoms with Gasteiger partial charge in [0, 0.05) is 65.0 Å². The fourth-order valence-corrected chi connectivity index (χ4v) is 3.32. The highest BCUT2D eigenvalue weighted by Gasteiger charge is 2.27. The maximum Gasteiger partial charge on any atom is 0.270 e. The molecule has 0 unspecified atom stereocenters. The summed E-state index contributed by atoms with van der Waals surface area (Å²) in [5, 5.41) is 5.44. The van der Waals surface area contributed by atoms with Gasteiger partial charge in [-0.25, -0.2) is 9.99 Å². The van der Waals surface area contributed by atoms with Crippen molar-refractivity contribution < 1.29 is 9.59 Å². The number of nitrogens with zero attached hydrogens (tertiary/aromatic N) is 6. The number of aromatic nitrogens is 2. The van der Waals surface area contributed by atoms with Crippen molar-refractivity contribution in [1.29, 1.82) is 0 Å². The van der Waals surface area contributed by atoms with Crippen LogP contribution in [0.4, 0.5) is 0 Å². The summed E-state index contributed by atoms with van der Waals surface area (Å²) in [5.74, 6) is 1.00. The lowest BCUT2D eigenvalue weighted by atomic mass is 10.1. The highest BCUT2D eigenvalue weighted by atomic mass is 16.2. The van der Waals surface area contributed by atoms with Gasteiger partial charge in [0.1, 0.15) is 11.5 Å². The summed E-state index contributed by atoms with van der Waals surface area (Å²) in [7, 11) is 1.61. The van der Waals surface area contributed by atoms with Crippen LogP contribution in [0.15, 0.2) is 17.5 Å². The van der Waals surface area contributed by atoms with Gasteiger partial charge in [0.05, 0.1) is 6.54 Å². The lowest BCUT2D eigenvalue weighted by molar-refractivity contribution is -0.130. The van der Waals surface area contributed by atoms with Gasteiger partial charge in [-0.15, -0.1) is 0 Å². The van der Waals surface area contributed by atoms with E-state index in [2.05, 4.69) is 26.5 Å². The average molecular weight is 346 g/mol. The van der Waals surface area contributed by atoms with E-state index in [1.54, 1.807) is 7.05 Å². The van der Waals surface area contributed by atoms with Crippen LogP contribution in [-0.4, -0.2) is 75.1 Å². The van der Waals surface area contributed by atoms with Crippen LogP contribution in [0.1, 0.15) is 32.0 Å². The van der Waals surface area contributed by atoms with Crippen LogP contribution in [0, 0.1) is 0 Å². The largest absolute Gasteiger partial charge is 0.336 e. The molecule has 0 aromatic carbocycles. The van der Waals surface area contributed by atoms with E-state index in [-0.39, 0.29) is 11.8 Å². The minimum Gasteiger partial charge on any atom is -0.336 e. The lowest BCUT2D eigenvalue weighted by Crippen LogP contribution is -2.42. The van der Waals surface area contributed by atoms with Crippen LogP contribution in [0.2, 0.25) is 0 Å².